The molecule has 0 aromatic heterocycles. The van der Waals surface area contributed by atoms with Gasteiger partial charge in [0.2, 0.25) is 0 Å². The second kappa shape index (κ2) is 4.55. The molecule has 1 heterocycles. The van der Waals surface area contributed by atoms with E-state index in [1.165, 1.54) is 12.8 Å². The maximum atomic E-state index is 5.27. The van der Waals surface area contributed by atoms with E-state index in [4.69, 9.17) is 4.74 Å². The number of hydrogen-bond donors (Lipinski definition) is 0. The summed E-state index contributed by atoms with van der Waals surface area (Å²) < 4.78 is 5.27. The van der Waals surface area contributed by atoms with E-state index in [-0.39, 0.29) is 0 Å². The minimum atomic E-state index is 0.692. The summed E-state index contributed by atoms with van der Waals surface area (Å²) in [4.78, 5) is 0. The summed E-state index contributed by atoms with van der Waals surface area (Å²) in [5.74, 6) is 1.48. The fourth-order valence-electron chi connectivity index (χ4n) is 1.29. The molecule has 1 nitrogen and oxygen atoms in total. The van der Waals surface area contributed by atoms with Crippen molar-refractivity contribution in [2.75, 3.05) is 13.2 Å². The van der Waals surface area contributed by atoms with Gasteiger partial charge in [-0.3, -0.25) is 0 Å². The fraction of sp³-hybridized carbons (Fsp3) is 0.800. The molecule has 0 aromatic carbocycles. The fourth-order valence-corrected chi connectivity index (χ4v) is 1.29. The van der Waals surface area contributed by atoms with Gasteiger partial charge in [0.25, 0.3) is 0 Å². The van der Waals surface area contributed by atoms with E-state index in [2.05, 4.69) is 26.0 Å². The van der Waals surface area contributed by atoms with Gasteiger partial charge in [0.05, 0.1) is 0 Å². The van der Waals surface area contributed by atoms with Gasteiger partial charge in [0, 0.05) is 13.2 Å². The first-order valence-electron chi connectivity index (χ1n) is 4.55. The van der Waals surface area contributed by atoms with Gasteiger partial charge in [0.15, 0.2) is 0 Å². The smallest absolute Gasteiger partial charge is 0.0471 e. The van der Waals surface area contributed by atoms with Crippen LogP contribution in [-0.4, -0.2) is 13.2 Å². The molecule has 11 heavy (non-hydrogen) atoms. The van der Waals surface area contributed by atoms with Gasteiger partial charge in [0.1, 0.15) is 0 Å². The van der Waals surface area contributed by atoms with Crippen LogP contribution < -0.4 is 0 Å². The molecule has 1 fully saturated rings. The number of allylic oxidation sites excluding steroid dienone is 2. The molecule has 1 heteroatoms. The molecule has 64 valence electrons. The third kappa shape index (κ3) is 3.57. The Morgan fingerprint density at radius 3 is 2.45 bits per heavy atom. The number of rotatable bonds is 2. The Hall–Kier alpha value is -0.300. The first-order chi connectivity index (χ1) is 5.29. The van der Waals surface area contributed by atoms with Crippen LogP contribution in [-0.2, 0) is 4.74 Å². The molecule has 0 amide bonds. The van der Waals surface area contributed by atoms with E-state index in [9.17, 15) is 0 Å². The molecule has 0 N–H and O–H groups in total. The van der Waals surface area contributed by atoms with Crippen molar-refractivity contribution in [2.24, 2.45) is 11.8 Å². The van der Waals surface area contributed by atoms with Crippen LogP contribution in [0.2, 0.25) is 0 Å². The lowest BCUT2D eigenvalue weighted by Gasteiger charge is -2.18. The van der Waals surface area contributed by atoms with E-state index in [0.29, 0.717) is 5.92 Å². The average Bonchev–Trinajstić information content (AvgIpc) is 2.03. The van der Waals surface area contributed by atoms with Gasteiger partial charge in [-0.05, 0) is 24.7 Å². The molecule has 0 saturated carbocycles. The molecule has 0 atom stereocenters. The van der Waals surface area contributed by atoms with Gasteiger partial charge in [-0.15, -0.1) is 0 Å². The molecule has 1 rings (SSSR count). The largest absolute Gasteiger partial charge is 0.381 e. The molecule has 0 aromatic rings. The van der Waals surface area contributed by atoms with Crippen LogP contribution >= 0.6 is 0 Å². The Labute approximate surface area is 69.4 Å². The monoisotopic (exact) mass is 154 g/mol. The Balaban J connectivity index is 2.23. The minimum absolute atomic E-state index is 0.692. The summed E-state index contributed by atoms with van der Waals surface area (Å²) in [6.45, 7) is 6.34. The Bertz CT molecular complexity index is 121. The molecule has 1 aliphatic heterocycles. The third-order valence-corrected chi connectivity index (χ3v) is 2.03. The summed E-state index contributed by atoms with van der Waals surface area (Å²) in [5.41, 5.74) is 0. The average molecular weight is 154 g/mol. The van der Waals surface area contributed by atoms with Gasteiger partial charge < -0.3 is 4.74 Å². The molecule has 0 bridgehead atoms. The highest BCUT2D eigenvalue weighted by atomic mass is 16.5. The molecular weight excluding hydrogens is 136 g/mol. The summed E-state index contributed by atoms with van der Waals surface area (Å²) in [6, 6.07) is 0. The SMILES string of the molecule is CC(C)/C=C\C1CCOCC1. The van der Waals surface area contributed by atoms with Crippen LogP contribution in [0, 0.1) is 11.8 Å². The van der Waals surface area contributed by atoms with Crippen molar-refractivity contribution in [3.05, 3.63) is 12.2 Å². The van der Waals surface area contributed by atoms with Crippen LogP contribution in [0.15, 0.2) is 12.2 Å². The lowest BCUT2D eigenvalue weighted by Crippen LogP contribution is -2.13. The zero-order chi connectivity index (χ0) is 8.10. The summed E-state index contributed by atoms with van der Waals surface area (Å²) >= 11 is 0. The third-order valence-electron chi connectivity index (χ3n) is 2.03. The first kappa shape index (κ1) is 8.79. The van der Waals surface area contributed by atoms with Gasteiger partial charge in [-0.2, -0.15) is 0 Å². The summed E-state index contributed by atoms with van der Waals surface area (Å²) in [6.07, 6.45) is 7.08. The lowest BCUT2D eigenvalue weighted by atomic mass is 9.98. The van der Waals surface area contributed by atoms with E-state index in [1.54, 1.807) is 0 Å². The second-order valence-electron chi connectivity index (χ2n) is 3.58. The lowest BCUT2D eigenvalue weighted by molar-refractivity contribution is 0.0784. The molecular formula is C10H18O. The predicted molar refractivity (Wildman–Crippen MR) is 47.5 cm³/mol. The van der Waals surface area contributed by atoms with Crippen molar-refractivity contribution in [3.8, 4) is 0 Å². The normalized spacial score (nSPS) is 21.7. The zero-order valence-corrected chi connectivity index (χ0v) is 7.55. The van der Waals surface area contributed by atoms with Crippen molar-refractivity contribution in [3.63, 3.8) is 0 Å². The zero-order valence-electron chi connectivity index (χ0n) is 7.55. The maximum absolute atomic E-state index is 5.27. The molecule has 1 aliphatic rings. The Kier molecular flexibility index (Phi) is 3.64. The molecule has 0 aliphatic carbocycles. The minimum Gasteiger partial charge on any atom is -0.381 e. The van der Waals surface area contributed by atoms with Crippen LogP contribution in [0.4, 0.5) is 0 Å². The summed E-state index contributed by atoms with van der Waals surface area (Å²) in [5, 5.41) is 0. The van der Waals surface area contributed by atoms with E-state index >= 15 is 0 Å². The van der Waals surface area contributed by atoms with E-state index in [0.717, 1.165) is 19.1 Å². The second-order valence-corrected chi connectivity index (χ2v) is 3.58. The Morgan fingerprint density at radius 1 is 1.27 bits per heavy atom. The van der Waals surface area contributed by atoms with E-state index in [1.807, 2.05) is 0 Å². The number of hydrogen-bond acceptors (Lipinski definition) is 1. The highest BCUT2D eigenvalue weighted by Gasteiger charge is 2.09. The van der Waals surface area contributed by atoms with Crippen molar-refractivity contribution in [1.29, 1.82) is 0 Å². The molecule has 0 unspecified atom stereocenters. The molecule has 0 spiro atoms. The van der Waals surface area contributed by atoms with E-state index < -0.39 is 0 Å². The molecule has 0 radical (unpaired) electrons. The Morgan fingerprint density at radius 2 is 1.91 bits per heavy atom. The maximum Gasteiger partial charge on any atom is 0.0471 e. The van der Waals surface area contributed by atoms with Gasteiger partial charge >= 0.3 is 0 Å². The van der Waals surface area contributed by atoms with Crippen molar-refractivity contribution < 1.29 is 4.74 Å². The van der Waals surface area contributed by atoms with Crippen molar-refractivity contribution in [2.45, 2.75) is 26.7 Å². The quantitative estimate of drug-likeness (QED) is 0.555. The van der Waals surface area contributed by atoms with Crippen LogP contribution in [0.25, 0.3) is 0 Å². The van der Waals surface area contributed by atoms with Gasteiger partial charge in [-0.1, -0.05) is 26.0 Å². The van der Waals surface area contributed by atoms with Crippen LogP contribution in [0.5, 0.6) is 0 Å². The molecule has 1 saturated heterocycles. The standard InChI is InChI=1S/C10H18O/c1-9(2)3-4-10-5-7-11-8-6-10/h3-4,9-10H,5-8H2,1-2H3/b4-3-. The number of ether oxygens (including phenoxy) is 1. The van der Waals surface area contributed by atoms with Crippen molar-refractivity contribution >= 4 is 0 Å². The van der Waals surface area contributed by atoms with Gasteiger partial charge in [-0.25, -0.2) is 0 Å². The van der Waals surface area contributed by atoms with Crippen molar-refractivity contribution in [1.82, 2.24) is 0 Å². The highest BCUT2D eigenvalue weighted by molar-refractivity contribution is 4.91. The summed E-state index contributed by atoms with van der Waals surface area (Å²) in [7, 11) is 0. The van der Waals surface area contributed by atoms with Crippen LogP contribution in [0.1, 0.15) is 26.7 Å². The predicted octanol–water partition coefficient (Wildman–Crippen LogP) is 2.63. The highest BCUT2D eigenvalue weighted by Crippen LogP contribution is 2.16. The topological polar surface area (TPSA) is 9.23 Å². The first-order valence-corrected chi connectivity index (χ1v) is 4.55. The van der Waals surface area contributed by atoms with Crippen LogP contribution in [0.3, 0.4) is 0 Å².